The molecular formula is C17H17N5O3S. The predicted octanol–water partition coefficient (Wildman–Crippen LogP) is 2.16. The molecule has 2 aliphatic heterocycles. The molecule has 0 bridgehead atoms. The Hall–Kier alpha value is -2.94. The highest BCUT2D eigenvalue weighted by Crippen LogP contribution is 2.41. The molecule has 2 aliphatic rings. The van der Waals surface area contributed by atoms with Crippen molar-refractivity contribution in [3.63, 3.8) is 0 Å². The first-order chi connectivity index (χ1) is 12.6. The van der Waals surface area contributed by atoms with Crippen LogP contribution in [0.25, 0.3) is 10.2 Å². The second kappa shape index (κ2) is 6.41. The summed E-state index contributed by atoms with van der Waals surface area (Å²) < 4.78 is 0. The monoisotopic (exact) mass is 371 g/mol. The molecule has 4 rings (SSSR count). The van der Waals surface area contributed by atoms with Crippen LogP contribution in [0.3, 0.4) is 0 Å². The van der Waals surface area contributed by atoms with E-state index in [-0.39, 0.29) is 23.9 Å². The van der Waals surface area contributed by atoms with Crippen LogP contribution in [-0.4, -0.2) is 46.9 Å². The largest absolute Gasteiger partial charge is 0.347 e. The zero-order chi connectivity index (χ0) is 18.3. The van der Waals surface area contributed by atoms with Crippen LogP contribution < -0.4 is 16.0 Å². The smallest absolute Gasteiger partial charge is 0.323 e. The van der Waals surface area contributed by atoms with Gasteiger partial charge in [-0.15, -0.1) is 11.3 Å². The standard InChI is InChI=1S/C17H17N5O3S/c1-2-11(23)22-7-3-4-9(8-22)19-15(24)14-13-12-10(20-17(25)21-13)5-6-18-16(12)26-14/h2,5-6,9H,1,3-4,7-8H2,(H,19,24)(H2,20,21,25)/t9-/m0/s1. The molecule has 1 fully saturated rings. The van der Waals surface area contributed by atoms with Gasteiger partial charge in [-0.2, -0.15) is 0 Å². The number of urea groups is 1. The number of hydrogen-bond donors (Lipinski definition) is 3. The van der Waals surface area contributed by atoms with E-state index in [9.17, 15) is 14.4 Å². The number of aromatic nitrogens is 1. The third kappa shape index (κ3) is 2.80. The van der Waals surface area contributed by atoms with Gasteiger partial charge in [0.1, 0.15) is 9.71 Å². The topological polar surface area (TPSA) is 103 Å². The maximum atomic E-state index is 12.8. The number of rotatable bonds is 3. The minimum Gasteiger partial charge on any atom is -0.347 e. The minimum absolute atomic E-state index is 0.131. The molecule has 26 heavy (non-hydrogen) atoms. The number of likely N-dealkylation sites (tertiary alicyclic amines) is 1. The Morgan fingerprint density at radius 2 is 2.27 bits per heavy atom. The van der Waals surface area contributed by atoms with E-state index in [2.05, 4.69) is 27.5 Å². The SMILES string of the molecule is C=CC(=O)N1CCC[C@H](NC(=O)c2sc3nccc4c3c2NC(=O)N4)C1. The molecule has 0 aromatic carbocycles. The Morgan fingerprint density at radius 3 is 3.08 bits per heavy atom. The zero-order valence-corrected chi connectivity index (χ0v) is 14.7. The molecule has 8 nitrogen and oxygen atoms in total. The summed E-state index contributed by atoms with van der Waals surface area (Å²) in [6, 6.07) is 1.19. The molecule has 1 atom stereocenters. The van der Waals surface area contributed by atoms with Gasteiger partial charge in [-0.1, -0.05) is 6.58 Å². The van der Waals surface area contributed by atoms with Gasteiger partial charge in [0.05, 0.1) is 16.8 Å². The minimum atomic E-state index is -0.377. The fourth-order valence-electron chi connectivity index (χ4n) is 3.35. The van der Waals surface area contributed by atoms with E-state index >= 15 is 0 Å². The van der Waals surface area contributed by atoms with Crippen molar-refractivity contribution in [2.45, 2.75) is 18.9 Å². The van der Waals surface area contributed by atoms with E-state index in [1.807, 2.05) is 0 Å². The molecule has 0 unspecified atom stereocenters. The van der Waals surface area contributed by atoms with Crippen LogP contribution >= 0.6 is 11.3 Å². The van der Waals surface area contributed by atoms with E-state index in [0.29, 0.717) is 34.2 Å². The average molecular weight is 371 g/mol. The highest BCUT2D eigenvalue weighted by atomic mass is 32.1. The molecule has 9 heteroatoms. The van der Waals surface area contributed by atoms with E-state index in [1.165, 1.54) is 17.4 Å². The van der Waals surface area contributed by atoms with Crippen LogP contribution in [0.2, 0.25) is 0 Å². The summed E-state index contributed by atoms with van der Waals surface area (Å²) >= 11 is 1.24. The number of anilines is 2. The van der Waals surface area contributed by atoms with Gasteiger partial charge >= 0.3 is 6.03 Å². The van der Waals surface area contributed by atoms with Crippen molar-refractivity contribution in [2.75, 3.05) is 23.7 Å². The maximum Gasteiger partial charge on any atom is 0.323 e. The Balaban J connectivity index is 1.59. The number of carbonyl (C=O) groups excluding carboxylic acids is 3. The predicted molar refractivity (Wildman–Crippen MR) is 99.5 cm³/mol. The van der Waals surface area contributed by atoms with E-state index < -0.39 is 0 Å². The summed E-state index contributed by atoms with van der Waals surface area (Å²) in [6.45, 7) is 4.63. The van der Waals surface area contributed by atoms with Crippen molar-refractivity contribution >= 4 is 50.8 Å². The molecule has 134 valence electrons. The summed E-state index contributed by atoms with van der Waals surface area (Å²) in [5.41, 5.74) is 1.13. The molecule has 0 saturated carbocycles. The number of nitrogens with zero attached hydrogens (tertiary/aromatic N) is 2. The fraction of sp³-hybridized carbons (Fsp3) is 0.294. The first-order valence-corrected chi connectivity index (χ1v) is 9.10. The van der Waals surface area contributed by atoms with Crippen molar-refractivity contribution < 1.29 is 14.4 Å². The van der Waals surface area contributed by atoms with Gasteiger partial charge in [-0.25, -0.2) is 9.78 Å². The lowest BCUT2D eigenvalue weighted by atomic mass is 10.1. The van der Waals surface area contributed by atoms with Crippen molar-refractivity contribution in [3.8, 4) is 0 Å². The molecular weight excluding hydrogens is 354 g/mol. The van der Waals surface area contributed by atoms with Gasteiger partial charge < -0.3 is 20.9 Å². The lowest BCUT2D eigenvalue weighted by Crippen LogP contribution is -2.49. The van der Waals surface area contributed by atoms with Gasteiger partial charge in [0.25, 0.3) is 5.91 Å². The quantitative estimate of drug-likeness (QED) is 0.719. The Bertz CT molecular complexity index is 938. The average Bonchev–Trinajstić information content (AvgIpc) is 3.01. The van der Waals surface area contributed by atoms with E-state index in [0.717, 1.165) is 18.2 Å². The second-order valence-electron chi connectivity index (χ2n) is 6.22. The lowest BCUT2D eigenvalue weighted by molar-refractivity contribution is -0.127. The third-order valence-corrected chi connectivity index (χ3v) is 5.62. The van der Waals surface area contributed by atoms with Gasteiger partial charge in [-0.3, -0.25) is 9.59 Å². The van der Waals surface area contributed by atoms with Crippen LogP contribution in [-0.2, 0) is 4.79 Å². The molecule has 4 amide bonds. The first-order valence-electron chi connectivity index (χ1n) is 8.28. The highest BCUT2D eigenvalue weighted by Gasteiger charge is 2.29. The molecule has 4 heterocycles. The zero-order valence-electron chi connectivity index (χ0n) is 13.9. The third-order valence-electron chi connectivity index (χ3n) is 4.53. The Morgan fingerprint density at radius 1 is 1.42 bits per heavy atom. The normalized spacial score (nSPS) is 18.8. The van der Waals surface area contributed by atoms with Gasteiger partial charge in [0.15, 0.2) is 0 Å². The number of thiophene rings is 1. The van der Waals surface area contributed by atoms with Crippen molar-refractivity contribution in [3.05, 3.63) is 29.8 Å². The number of nitrogens with one attached hydrogen (secondary N) is 3. The summed E-state index contributed by atoms with van der Waals surface area (Å²) in [5, 5.41) is 9.15. The Labute approximate surface area is 153 Å². The van der Waals surface area contributed by atoms with Crippen LogP contribution in [0, 0.1) is 0 Å². The number of hydrogen-bond acceptors (Lipinski definition) is 5. The number of amides is 4. The van der Waals surface area contributed by atoms with Crippen LogP contribution in [0.4, 0.5) is 16.2 Å². The van der Waals surface area contributed by atoms with Gasteiger partial charge in [0, 0.05) is 25.3 Å². The highest BCUT2D eigenvalue weighted by molar-refractivity contribution is 7.21. The molecule has 1 saturated heterocycles. The lowest BCUT2D eigenvalue weighted by Gasteiger charge is -2.32. The molecule has 0 radical (unpaired) electrons. The first kappa shape index (κ1) is 16.5. The maximum absolute atomic E-state index is 12.8. The van der Waals surface area contributed by atoms with Gasteiger partial charge in [0.2, 0.25) is 5.91 Å². The molecule has 0 aliphatic carbocycles. The Kier molecular flexibility index (Phi) is 4.08. The summed E-state index contributed by atoms with van der Waals surface area (Å²) in [4.78, 5) is 43.6. The summed E-state index contributed by atoms with van der Waals surface area (Å²) in [7, 11) is 0. The number of pyridine rings is 1. The van der Waals surface area contributed by atoms with Crippen LogP contribution in [0.1, 0.15) is 22.5 Å². The van der Waals surface area contributed by atoms with Crippen molar-refractivity contribution in [2.24, 2.45) is 0 Å². The number of piperidine rings is 1. The van der Waals surface area contributed by atoms with Crippen molar-refractivity contribution in [1.82, 2.24) is 15.2 Å². The van der Waals surface area contributed by atoms with Crippen LogP contribution in [0.15, 0.2) is 24.9 Å². The summed E-state index contributed by atoms with van der Waals surface area (Å²) in [5.74, 6) is -0.401. The summed E-state index contributed by atoms with van der Waals surface area (Å²) in [6.07, 6.45) is 4.50. The van der Waals surface area contributed by atoms with Crippen molar-refractivity contribution in [1.29, 1.82) is 0 Å². The van der Waals surface area contributed by atoms with E-state index in [4.69, 9.17) is 0 Å². The van der Waals surface area contributed by atoms with E-state index in [1.54, 1.807) is 17.2 Å². The molecule has 0 spiro atoms. The molecule has 2 aromatic rings. The molecule has 3 N–H and O–H groups in total. The fourth-order valence-corrected chi connectivity index (χ4v) is 4.38. The number of carbonyl (C=O) groups is 3. The second-order valence-corrected chi connectivity index (χ2v) is 7.22. The van der Waals surface area contributed by atoms with Gasteiger partial charge in [-0.05, 0) is 25.0 Å². The van der Waals surface area contributed by atoms with Crippen LogP contribution in [0.5, 0.6) is 0 Å². The molecule has 2 aromatic heterocycles.